The van der Waals surface area contributed by atoms with Gasteiger partial charge in [-0.05, 0) is 67.9 Å². The average Bonchev–Trinajstić information content (AvgIpc) is 3.07. The van der Waals surface area contributed by atoms with E-state index in [9.17, 15) is 19.5 Å². The third-order valence-corrected chi connectivity index (χ3v) is 5.79. The molecule has 1 aliphatic rings. The van der Waals surface area contributed by atoms with Crippen molar-refractivity contribution in [3.8, 4) is 5.75 Å². The monoisotopic (exact) mass is 425 g/mol. The van der Waals surface area contributed by atoms with Gasteiger partial charge >= 0.3 is 0 Å². The summed E-state index contributed by atoms with van der Waals surface area (Å²) in [7, 11) is 0. The number of phenols is 1. The molecule has 1 aromatic heterocycles. The van der Waals surface area contributed by atoms with Crippen molar-refractivity contribution in [3.63, 3.8) is 0 Å². The standard InChI is InChI=1S/C26H19NO5/c1-14-3-12-21-20(13-14)24(30)22-23(17-6-10-19(29)11-7-17)27(26(31)25(22)32-21)18-8-4-16(5-9-18)15(2)28/h3-13,23,29H,1-2H3. The molecule has 0 radical (unpaired) electrons. The maximum absolute atomic E-state index is 13.6. The normalized spacial score (nSPS) is 15.2. The highest BCUT2D eigenvalue weighted by Gasteiger charge is 2.43. The van der Waals surface area contributed by atoms with Gasteiger partial charge in [-0.3, -0.25) is 19.3 Å². The Balaban J connectivity index is 1.77. The van der Waals surface area contributed by atoms with Crippen LogP contribution in [0.1, 0.15) is 50.6 Å². The Morgan fingerprint density at radius 3 is 2.31 bits per heavy atom. The molecule has 3 aromatic carbocycles. The summed E-state index contributed by atoms with van der Waals surface area (Å²) in [5.41, 5.74) is 2.97. The van der Waals surface area contributed by atoms with Gasteiger partial charge in [0.15, 0.2) is 11.2 Å². The first-order valence-corrected chi connectivity index (χ1v) is 10.2. The fraction of sp³-hybridized carbons (Fsp3) is 0.115. The van der Waals surface area contributed by atoms with E-state index < -0.39 is 11.9 Å². The van der Waals surface area contributed by atoms with Crippen molar-refractivity contribution in [3.05, 3.63) is 105 Å². The second kappa shape index (κ2) is 7.20. The first-order valence-electron chi connectivity index (χ1n) is 10.2. The first-order chi connectivity index (χ1) is 15.3. The van der Waals surface area contributed by atoms with E-state index in [4.69, 9.17) is 4.42 Å². The first kappa shape index (κ1) is 19.8. The van der Waals surface area contributed by atoms with Crippen molar-refractivity contribution in [1.82, 2.24) is 0 Å². The molecule has 4 aromatic rings. The summed E-state index contributed by atoms with van der Waals surface area (Å²) in [6.07, 6.45) is 0. The van der Waals surface area contributed by atoms with Crippen LogP contribution in [0.4, 0.5) is 5.69 Å². The van der Waals surface area contributed by atoms with E-state index in [0.717, 1.165) is 5.56 Å². The van der Waals surface area contributed by atoms with Crippen molar-refractivity contribution in [1.29, 1.82) is 0 Å². The zero-order valence-electron chi connectivity index (χ0n) is 17.5. The van der Waals surface area contributed by atoms with Crippen LogP contribution in [-0.2, 0) is 0 Å². The van der Waals surface area contributed by atoms with E-state index in [1.165, 1.54) is 24.0 Å². The summed E-state index contributed by atoms with van der Waals surface area (Å²) >= 11 is 0. The molecule has 0 bridgehead atoms. The highest BCUT2D eigenvalue weighted by molar-refractivity contribution is 6.11. The number of nitrogens with zero attached hydrogens (tertiary/aromatic N) is 1. The van der Waals surface area contributed by atoms with Gasteiger partial charge in [-0.15, -0.1) is 0 Å². The zero-order chi connectivity index (χ0) is 22.6. The Kier molecular flexibility index (Phi) is 4.44. The number of hydrogen-bond donors (Lipinski definition) is 1. The summed E-state index contributed by atoms with van der Waals surface area (Å²) in [5, 5.41) is 10.2. The van der Waals surface area contributed by atoms with E-state index in [0.29, 0.717) is 27.8 Å². The van der Waals surface area contributed by atoms with Crippen LogP contribution < -0.4 is 10.3 Å². The number of rotatable bonds is 3. The molecule has 0 saturated heterocycles. The summed E-state index contributed by atoms with van der Waals surface area (Å²) in [6.45, 7) is 3.36. The van der Waals surface area contributed by atoms with Crippen molar-refractivity contribution in [2.45, 2.75) is 19.9 Å². The molecule has 32 heavy (non-hydrogen) atoms. The van der Waals surface area contributed by atoms with E-state index in [2.05, 4.69) is 0 Å². The summed E-state index contributed by atoms with van der Waals surface area (Å²) in [4.78, 5) is 40.2. The summed E-state index contributed by atoms with van der Waals surface area (Å²) in [5.74, 6) is -0.439. The molecule has 1 atom stereocenters. The topological polar surface area (TPSA) is 87.8 Å². The number of aryl methyl sites for hydroxylation is 1. The predicted molar refractivity (Wildman–Crippen MR) is 120 cm³/mol. The number of ketones is 1. The Hall–Kier alpha value is -4.19. The van der Waals surface area contributed by atoms with Gasteiger partial charge in [0.1, 0.15) is 11.3 Å². The van der Waals surface area contributed by atoms with Crippen molar-refractivity contribution < 1.29 is 19.1 Å². The maximum Gasteiger partial charge on any atom is 0.295 e. The molecule has 1 unspecified atom stereocenters. The quantitative estimate of drug-likeness (QED) is 0.478. The second-order valence-corrected chi connectivity index (χ2v) is 7.95. The molecule has 1 N–H and O–H groups in total. The van der Waals surface area contributed by atoms with Crippen LogP contribution in [-0.4, -0.2) is 16.8 Å². The molecular formula is C26H19NO5. The Morgan fingerprint density at radius 1 is 0.969 bits per heavy atom. The molecule has 158 valence electrons. The minimum Gasteiger partial charge on any atom is -0.508 e. The van der Waals surface area contributed by atoms with Crippen molar-refractivity contribution in [2.75, 3.05) is 4.90 Å². The number of carbonyl (C=O) groups is 2. The van der Waals surface area contributed by atoms with Gasteiger partial charge in [-0.2, -0.15) is 0 Å². The van der Waals surface area contributed by atoms with Gasteiger partial charge < -0.3 is 9.52 Å². The SMILES string of the molecule is CC(=O)c1ccc(N2C(=O)c3oc4ccc(C)cc4c(=O)c3C2c2ccc(O)cc2)cc1. The molecule has 1 aliphatic heterocycles. The second-order valence-electron chi connectivity index (χ2n) is 7.95. The van der Waals surface area contributed by atoms with Crippen LogP contribution in [0.2, 0.25) is 0 Å². The Morgan fingerprint density at radius 2 is 1.66 bits per heavy atom. The molecule has 0 aliphatic carbocycles. The fourth-order valence-corrected chi connectivity index (χ4v) is 4.18. The van der Waals surface area contributed by atoms with E-state index in [-0.39, 0.29) is 28.3 Å². The van der Waals surface area contributed by atoms with E-state index in [1.807, 2.05) is 13.0 Å². The summed E-state index contributed by atoms with van der Waals surface area (Å²) in [6, 6.07) is 17.6. The Labute approximate surface area is 183 Å². The molecule has 0 saturated carbocycles. The highest BCUT2D eigenvalue weighted by atomic mass is 16.3. The van der Waals surface area contributed by atoms with Crippen LogP contribution >= 0.6 is 0 Å². The number of Topliss-reactive ketones (excluding diaryl/α,β-unsaturated/α-hetero) is 1. The number of carbonyl (C=O) groups excluding carboxylic acids is 2. The van der Waals surface area contributed by atoms with Gasteiger partial charge in [0.2, 0.25) is 5.76 Å². The molecule has 2 heterocycles. The lowest BCUT2D eigenvalue weighted by Crippen LogP contribution is -2.29. The van der Waals surface area contributed by atoms with Crippen molar-refractivity contribution >= 4 is 28.3 Å². The number of hydrogen-bond acceptors (Lipinski definition) is 5. The number of aromatic hydroxyl groups is 1. The van der Waals surface area contributed by atoms with Crippen LogP contribution in [0.25, 0.3) is 11.0 Å². The maximum atomic E-state index is 13.6. The smallest absolute Gasteiger partial charge is 0.295 e. The molecule has 0 fully saturated rings. The van der Waals surface area contributed by atoms with Crippen LogP contribution in [0, 0.1) is 6.92 Å². The lowest BCUT2D eigenvalue weighted by Gasteiger charge is -2.25. The number of amides is 1. The molecule has 1 amide bonds. The Bertz CT molecular complexity index is 1450. The molecule has 5 rings (SSSR count). The number of phenolic OH excluding ortho intramolecular Hbond substituents is 1. The fourth-order valence-electron chi connectivity index (χ4n) is 4.18. The number of benzene rings is 3. The lowest BCUT2D eigenvalue weighted by atomic mass is 9.97. The predicted octanol–water partition coefficient (Wildman–Crippen LogP) is 4.76. The van der Waals surface area contributed by atoms with Crippen LogP contribution in [0.3, 0.4) is 0 Å². The largest absolute Gasteiger partial charge is 0.508 e. The van der Waals surface area contributed by atoms with Gasteiger partial charge in [-0.1, -0.05) is 23.8 Å². The summed E-state index contributed by atoms with van der Waals surface area (Å²) < 4.78 is 5.95. The van der Waals surface area contributed by atoms with Gasteiger partial charge in [0.05, 0.1) is 17.0 Å². The van der Waals surface area contributed by atoms with Crippen LogP contribution in [0.5, 0.6) is 5.75 Å². The molecule has 6 nitrogen and oxygen atoms in total. The minimum absolute atomic E-state index is 0.0000671. The highest BCUT2D eigenvalue weighted by Crippen LogP contribution is 2.41. The van der Waals surface area contributed by atoms with Gasteiger partial charge in [0, 0.05) is 11.3 Å². The molecular weight excluding hydrogens is 406 g/mol. The van der Waals surface area contributed by atoms with Gasteiger partial charge in [-0.25, -0.2) is 0 Å². The molecule has 6 heteroatoms. The third kappa shape index (κ3) is 3.00. The van der Waals surface area contributed by atoms with Gasteiger partial charge in [0.25, 0.3) is 5.91 Å². The molecule has 0 spiro atoms. The zero-order valence-corrected chi connectivity index (χ0v) is 17.5. The van der Waals surface area contributed by atoms with E-state index in [1.54, 1.807) is 48.5 Å². The van der Waals surface area contributed by atoms with Crippen molar-refractivity contribution in [2.24, 2.45) is 0 Å². The third-order valence-electron chi connectivity index (χ3n) is 5.79. The number of fused-ring (bicyclic) bond motifs is 2. The minimum atomic E-state index is -0.734. The van der Waals surface area contributed by atoms with Crippen LogP contribution in [0.15, 0.2) is 75.9 Å². The average molecular weight is 425 g/mol. The lowest BCUT2D eigenvalue weighted by molar-refractivity contribution is 0.0970. The van der Waals surface area contributed by atoms with E-state index >= 15 is 0 Å². The number of anilines is 1.